The third-order valence-electron chi connectivity index (χ3n) is 1.98. The first-order valence-electron chi connectivity index (χ1n) is 5.18. The molecule has 0 saturated carbocycles. The molecule has 0 rings (SSSR count). The number of hydrogen-bond acceptors (Lipinski definition) is 5. The molecule has 96 valence electrons. The van der Waals surface area contributed by atoms with Crippen molar-refractivity contribution in [1.82, 2.24) is 9.62 Å². The second-order valence-electron chi connectivity index (χ2n) is 3.34. The van der Waals surface area contributed by atoms with E-state index in [4.69, 9.17) is 0 Å². The first-order valence-corrected chi connectivity index (χ1v) is 6.79. The largest absolute Gasteiger partial charge is 0.465 e. The Balaban J connectivity index is 4.15. The van der Waals surface area contributed by atoms with Crippen LogP contribution in [0.5, 0.6) is 0 Å². The van der Waals surface area contributed by atoms with E-state index in [0.29, 0.717) is 13.0 Å². The topological polar surface area (TPSA) is 75.7 Å². The van der Waals surface area contributed by atoms with Gasteiger partial charge in [-0.05, 0) is 26.9 Å². The second kappa shape index (κ2) is 7.59. The predicted molar refractivity (Wildman–Crippen MR) is 61.6 cm³/mol. The molecule has 0 amide bonds. The molecule has 0 aromatic rings. The zero-order valence-corrected chi connectivity index (χ0v) is 10.8. The molecule has 0 unspecified atom stereocenters. The van der Waals surface area contributed by atoms with Gasteiger partial charge in [0.2, 0.25) is 10.0 Å². The van der Waals surface area contributed by atoms with E-state index >= 15 is 0 Å². The Morgan fingerprint density at radius 1 is 1.44 bits per heavy atom. The van der Waals surface area contributed by atoms with Crippen molar-refractivity contribution in [3.05, 3.63) is 0 Å². The van der Waals surface area contributed by atoms with Crippen molar-refractivity contribution in [2.75, 3.05) is 39.5 Å². The van der Waals surface area contributed by atoms with Crippen LogP contribution in [0.25, 0.3) is 0 Å². The van der Waals surface area contributed by atoms with Gasteiger partial charge < -0.3 is 10.1 Å². The molecule has 0 aliphatic rings. The summed E-state index contributed by atoms with van der Waals surface area (Å²) in [5.74, 6) is -1.29. The number of carbonyl (C=O) groups is 1. The van der Waals surface area contributed by atoms with Crippen molar-refractivity contribution < 1.29 is 17.9 Å². The fourth-order valence-electron chi connectivity index (χ4n) is 1.08. The maximum absolute atomic E-state index is 11.6. The lowest BCUT2D eigenvalue weighted by Gasteiger charge is -2.16. The molecule has 6 nitrogen and oxygen atoms in total. The molecule has 0 aromatic carbocycles. The minimum Gasteiger partial charge on any atom is -0.465 e. The van der Waals surface area contributed by atoms with Crippen LogP contribution in [-0.2, 0) is 19.6 Å². The van der Waals surface area contributed by atoms with Crippen LogP contribution in [0.3, 0.4) is 0 Å². The molecule has 1 N–H and O–H groups in total. The Morgan fingerprint density at radius 3 is 2.56 bits per heavy atom. The molecule has 7 heteroatoms. The number of carbonyl (C=O) groups excluding carboxylic acids is 1. The van der Waals surface area contributed by atoms with Crippen LogP contribution in [0.4, 0.5) is 0 Å². The van der Waals surface area contributed by atoms with E-state index in [2.05, 4.69) is 10.1 Å². The van der Waals surface area contributed by atoms with Gasteiger partial charge in [-0.25, -0.2) is 12.7 Å². The number of esters is 1. The van der Waals surface area contributed by atoms with Crippen LogP contribution in [0.1, 0.15) is 13.3 Å². The normalized spacial score (nSPS) is 11.8. The highest BCUT2D eigenvalue weighted by Crippen LogP contribution is 2.00. The van der Waals surface area contributed by atoms with Crippen molar-refractivity contribution >= 4 is 16.0 Å². The zero-order chi connectivity index (χ0) is 12.6. The lowest BCUT2D eigenvalue weighted by atomic mass is 10.4. The molecular weight excluding hydrogens is 232 g/mol. The highest BCUT2D eigenvalue weighted by atomic mass is 32.2. The Morgan fingerprint density at radius 2 is 2.06 bits per heavy atom. The highest BCUT2D eigenvalue weighted by Gasteiger charge is 2.22. The van der Waals surface area contributed by atoms with Gasteiger partial charge >= 0.3 is 5.97 Å². The van der Waals surface area contributed by atoms with Gasteiger partial charge in [-0.3, -0.25) is 4.79 Å². The van der Waals surface area contributed by atoms with Crippen LogP contribution < -0.4 is 5.32 Å². The number of nitrogens with zero attached hydrogens (tertiary/aromatic N) is 1. The van der Waals surface area contributed by atoms with Crippen LogP contribution in [0, 0.1) is 0 Å². The van der Waals surface area contributed by atoms with Crippen molar-refractivity contribution in [1.29, 1.82) is 0 Å². The Bertz CT molecular complexity index is 303. The molecule has 0 fully saturated rings. The Labute approximate surface area is 97.0 Å². The summed E-state index contributed by atoms with van der Waals surface area (Å²) in [6, 6.07) is 0. The number of hydrogen-bond donors (Lipinski definition) is 1. The summed E-state index contributed by atoms with van der Waals surface area (Å²) in [5.41, 5.74) is 0. The minimum absolute atomic E-state index is 0.192. The SMILES string of the molecule is CCOC(=O)CS(=O)(=O)N(C)CCCNC. The maximum Gasteiger partial charge on any atom is 0.322 e. The first-order chi connectivity index (χ1) is 7.44. The van der Waals surface area contributed by atoms with Gasteiger partial charge in [-0.15, -0.1) is 0 Å². The maximum atomic E-state index is 11.6. The molecule has 16 heavy (non-hydrogen) atoms. The summed E-state index contributed by atoms with van der Waals surface area (Å²) in [7, 11) is -0.270. The molecule has 0 atom stereocenters. The minimum atomic E-state index is -3.53. The monoisotopic (exact) mass is 252 g/mol. The number of rotatable bonds is 8. The predicted octanol–water partition coefficient (Wildman–Crippen LogP) is -0.579. The van der Waals surface area contributed by atoms with Crippen LogP contribution in [0.15, 0.2) is 0 Å². The summed E-state index contributed by atoms with van der Waals surface area (Å²) in [6.07, 6.45) is 0.703. The van der Waals surface area contributed by atoms with Gasteiger partial charge in [0.25, 0.3) is 0 Å². The summed E-state index contributed by atoms with van der Waals surface area (Å²) < 4.78 is 29.0. The number of nitrogens with one attached hydrogen (secondary N) is 1. The van der Waals surface area contributed by atoms with Crippen LogP contribution in [0.2, 0.25) is 0 Å². The standard InChI is InChI=1S/C9H20N2O4S/c1-4-15-9(12)8-16(13,14)11(3)7-5-6-10-2/h10H,4-8H2,1-3H3. The van der Waals surface area contributed by atoms with Crippen molar-refractivity contribution in [2.45, 2.75) is 13.3 Å². The van der Waals surface area contributed by atoms with E-state index in [-0.39, 0.29) is 6.61 Å². The third kappa shape index (κ3) is 6.04. The quantitative estimate of drug-likeness (QED) is 0.462. The van der Waals surface area contributed by atoms with Gasteiger partial charge in [-0.2, -0.15) is 0 Å². The summed E-state index contributed by atoms with van der Waals surface area (Å²) in [4.78, 5) is 11.1. The average molecular weight is 252 g/mol. The first kappa shape index (κ1) is 15.3. The number of sulfonamides is 1. The van der Waals surface area contributed by atoms with Gasteiger partial charge in [0.1, 0.15) is 0 Å². The summed E-state index contributed by atoms with van der Waals surface area (Å²) in [6.45, 7) is 2.96. The molecule has 0 saturated heterocycles. The average Bonchev–Trinajstić information content (AvgIpc) is 2.17. The second-order valence-corrected chi connectivity index (χ2v) is 5.42. The van der Waals surface area contributed by atoms with Crippen molar-refractivity contribution in [2.24, 2.45) is 0 Å². The zero-order valence-electron chi connectivity index (χ0n) is 10.0. The van der Waals surface area contributed by atoms with E-state index < -0.39 is 21.7 Å². The number of ether oxygens (including phenoxy) is 1. The van der Waals surface area contributed by atoms with Crippen LogP contribution >= 0.6 is 0 Å². The molecule has 0 bridgehead atoms. The molecule has 0 aromatic heterocycles. The van der Waals surface area contributed by atoms with E-state index in [0.717, 1.165) is 6.54 Å². The van der Waals surface area contributed by atoms with E-state index in [1.165, 1.54) is 11.4 Å². The molecule has 0 radical (unpaired) electrons. The van der Waals surface area contributed by atoms with Gasteiger partial charge in [0.05, 0.1) is 6.61 Å². The lowest BCUT2D eigenvalue weighted by Crippen LogP contribution is -2.34. The molecule has 0 aliphatic carbocycles. The van der Waals surface area contributed by atoms with E-state index in [9.17, 15) is 13.2 Å². The van der Waals surface area contributed by atoms with Crippen molar-refractivity contribution in [3.8, 4) is 0 Å². The Kier molecular flexibility index (Phi) is 7.27. The molecule has 0 aliphatic heterocycles. The van der Waals surface area contributed by atoms with E-state index in [1.807, 2.05) is 0 Å². The van der Waals surface area contributed by atoms with Crippen LogP contribution in [-0.4, -0.2) is 58.2 Å². The Hall–Kier alpha value is -0.660. The molecular formula is C9H20N2O4S. The third-order valence-corrected chi connectivity index (χ3v) is 3.71. The van der Waals surface area contributed by atoms with Gasteiger partial charge in [-0.1, -0.05) is 0 Å². The van der Waals surface area contributed by atoms with Gasteiger partial charge in [0.15, 0.2) is 5.75 Å². The fraction of sp³-hybridized carbons (Fsp3) is 0.889. The lowest BCUT2D eigenvalue weighted by molar-refractivity contribution is -0.140. The highest BCUT2D eigenvalue weighted by molar-refractivity contribution is 7.89. The molecule has 0 spiro atoms. The van der Waals surface area contributed by atoms with Gasteiger partial charge in [0, 0.05) is 13.6 Å². The van der Waals surface area contributed by atoms with E-state index in [1.54, 1.807) is 14.0 Å². The molecule has 0 heterocycles. The fourth-order valence-corrected chi connectivity index (χ4v) is 2.09. The summed E-state index contributed by atoms with van der Waals surface area (Å²) >= 11 is 0. The summed E-state index contributed by atoms with van der Waals surface area (Å²) in [5, 5.41) is 2.92. The van der Waals surface area contributed by atoms with Crippen molar-refractivity contribution in [3.63, 3.8) is 0 Å². The smallest absolute Gasteiger partial charge is 0.322 e.